The number of nitrogens with zero attached hydrogens (tertiary/aromatic N) is 2. The van der Waals surface area contributed by atoms with E-state index in [0.29, 0.717) is 12.2 Å². The number of methoxy groups -OCH3 is 2. The number of hydrogen-bond acceptors (Lipinski definition) is 7. The highest BCUT2D eigenvalue weighted by atomic mass is 32.2. The summed E-state index contributed by atoms with van der Waals surface area (Å²) in [7, 11) is -0.720. The largest absolute Gasteiger partial charge is 0.497 e. The summed E-state index contributed by atoms with van der Waals surface area (Å²) in [5.74, 6) is 0.791. The van der Waals surface area contributed by atoms with Crippen molar-refractivity contribution in [1.82, 2.24) is 9.71 Å². The van der Waals surface area contributed by atoms with Crippen molar-refractivity contribution >= 4 is 26.5 Å². The van der Waals surface area contributed by atoms with Gasteiger partial charge in [0.15, 0.2) is 5.13 Å². The van der Waals surface area contributed by atoms with Crippen LogP contribution in [0.15, 0.2) is 28.5 Å². The molecule has 1 N–H and O–H groups in total. The Balaban J connectivity index is 1.62. The summed E-state index contributed by atoms with van der Waals surface area (Å²) in [6.45, 7) is 2.38. The second-order valence-electron chi connectivity index (χ2n) is 5.98. The van der Waals surface area contributed by atoms with Crippen LogP contribution in [0.1, 0.15) is 18.5 Å². The van der Waals surface area contributed by atoms with Gasteiger partial charge in [-0.1, -0.05) is 0 Å². The van der Waals surface area contributed by atoms with Gasteiger partial charge in [-0.3, -0.25) is 0 Å². The quantitative estimate of drug-likeness (QED) is 0.736. The number of rotatable bonds is 8. The van der Waals surface area contributed by atoms with Gasteiger partial charge in [-0.25, -0.2) is 18.1 Å². The number of benzene rings is 1. The van der Waals surface area contributed by atoms with E-state index in [1.54, 1.807) is 23.5 Å². The van der Waals surface area contributed by atoms with Gasteiger partial charge in [0.05, 0.1) is 19.9 Å². The molecule has 0 spiro atoms. The van der Waals surface area contributed by atoms with Crippen molar-refractivity contribution in [3.05, 3.63) is 29.3 Å². The van der Waals surface area contributed by atoms with E-state index in [-0.39, 0.29) is 17.2 Å². The first-order chi connectivity index (χ1) is 12.5. The van der Waals surface area contributed by atoms with Crippen molar-refractivity contribution in [2.75, 3.05) is 38.8 Å². The summed E-state index contributed by atoms with van der Waals surface area (Å²) in [5.41, 5.74) is 0.904. The molecule has 0 saturated carbocycles. The summed E-state index contributed by atoms with van der Waals surface area (Å²) >= 11 is 1.61. The fourth-order valence-electron chi connectivity index (χ4n) is 2.85. The first-order valence-corrected chi connectivity index (χ1v) is 10.8. The van der Waals surface area contributed by atoms with Gasteiger partial charge in [0.1, 0.15) is 16.4 Å². The average Bonchev–Trinajstić information content (AvgIpc) is 3.32. The van der Waals surface area contributed by atoms with Gasteiger partial charge in [0, 0.05) is 37.5 Å². The zero-order valence-electron chi connectivity index (χ0n) is 14.9. The Kier molecular flexibility index (Phi) is 6.00. The van der Waals surface area contributed by atoms with Gasteiger partial charge in [-0.2, -0.15) is 0 Å². The molecule has 1 saturated heterocycles. The third-order valence-corrected chi connectivity index (χ3v) is 6.70. The van der Waals surface area contributed by atoms with E-state index in [4.69, 9.17) is 9.47 Å². The number of anilines is 1. The molecule has 0 unspecified atom stereocenters. The molecule has 1 aliphatic rings. The van der Waals surface area contributed by atoms with Gasteiger partial charge in [-0.05, 0) is 25.0 Å². The molecular weight excluding hydrogens is 374 g/mol. The van der Waals surface area contributed by atoms with E-state index in [9.17, 15) is 8.42 Å². The van der Waals surface area contributed by atoms with Crippen LogP contribution >= 0.6 is 11.3 Å². The first kappa shape index (κ1) is 18.9. The van der Waals surface area contributed by atoms with Crippen molar-refractivity contribution in [1.29, 1.82) is 0 Å². The van der Waals surface area contributed by atoms with E-state index < -0.39 is 10.0 Å². The lowest BCUT2D eigenvalue weighted by Crippen LogP contribution is -2.26. The minimum atomic E-state index is -3.67. The van der Waals surface area contributed by atoms with Gasteiger partial charge >= 0.3 is 0 Å². The van der Waals surface area contributed by atoms with Crippen molar-refractivity contribution < 1.29 is 17.9 Å². The minimum absolute atomic E-state index is 0.0943. The maximum atomic E-state index is 12.6. The molecule has 2 aromatic rings. The fourth-order valence-corrected chi connectivity index (χ4v) is 4.95. The number of nitrogens with one attached hydrogen (secondary N) is 1. The normalized spacial score (nSPS) is 14.6. The van der Waals surface area contributed by atoms with Crippen LogP contribution in [0, 0.1) is 0 Å². The zero-order chi connectivity index (χ0) is 18.6. The molecule has 26 heavy (non-hydrogen) atoms. The Hall–Kier alpha value is -1.84. The summed E-state index contributed by atoms with van der Waals surface area (Å²) in [6.07, 6.45) is 2.96. The van der Waals surface area contributed by atoms with Crippen LogP contribution in [-0.2, 0) is 16.4 Å². The van der Waals surface area contributed by atoms with Gasteiger partial charge in [-0.15, -0.1) is 11.3 Å². The topological polar surface area (TPSA) is 80.8 Å². The van der Waals surface area contributed by atoms with Crippen LogP contribution in [0.25, 0.3) is 0 Å². The van der Waals surface area contributed by atoms with Crippen LogP contribution in [-0.4, -0.2) is 47.3 Å². The van der Waals surface area contributed by atoms with Crippen LogP contribution < -0.4 is 19.1 Å². The molecule has 7 nitrogen and oxygen atoms in total. The molecule has 0 bridgehead atoms. The maximum absolute atomic E-state index is 12.6. The van der Waals surface area contributed by atoms with Crippen molar-refractivity contribution in [2.24, 2.45) is 0 Å². The smallest absolute Gasteiger partial charge is 0.244 e. The Morgan fingerprint density at radius 3 is 2.69 bits per heavy atom. The molecule has 0 aliphatic carbocycles. The van der Waals surface area contributed by atoms with Crippen molar-refractivity contribution in [2.45, 2.75) is 24.2 Å². The molecule has 1 aromatic carbocycles. The summed E-state index contributed by atoms with van der Waals surface area (Å²) in [5, 5.41) is 3.02. The molecule has 3 rings (SSSR count). The SMILES string of the molecule is COc1ccc(S(=O)(=O)NCCc2csc(N3CCCC3)n2)c(OC)c1. The van der Waals surface area contributed by atoms with Crippen LogP contribution in [0.3, 0.4) is 0 Å². The third kappa shape index (κ3) is 4.28. The van der Waals surface area contributed by atoms with Crippen molar-refractivity contribution in [3.63, 3.8) is 0 Å². The lowest BCUT2D eigenvalue weighted by Gasteiger charge is -2.12. The number of ether oxygens (including phenoxy) is 2. The van der Waals surface area contributed by atoms with E-state index in [0.717, 1.165) is 23.9 Å². The van der Waals surface area contributed by atoms with Gasteiger partial charge < -0.3 is 14.4 Å². The first-order valence-electron chi connectivity index (χ1n) is 8.44. The molecule has 0 atom stereocenters. The predicted octanol–water partition coefficient (Wildman–Crippen LogP) is 2.28. The monoisotopic (exact) mass is 397 g/mol. The molecule has 1 aromatic heterocycles. The molecule has 1 aliphatic heterocycles. The second-order valence-corrected chi connectivity index (χ2v) is 8.55. The molecule has 2 heterocycles. The molecular formula is C17H23N3O4S2. The number of thiazole rings is 1. The van der Waals surface area contributed by atoms with E-state index in [1.165, 1.54) is 33.1 Å². The Bertz CT molecular complexity index is 845. The molecule has 1 fully saturated rings. The number of aromatic nitrogens is 1. The Labute approximate surface area is 158 Å². The van der Waals surface area contributed by atoms with Crippen LogP contribution in [0.5, 0.6) is 11.5 Å². The van der Waals surface area contributed by atoms with Crippen LogP contribution in [0.4, 0.5) is 5.13 Å². The van der Waals surface area contributed by atoms with E-state index in [2.05, 4.69) is 14.6 Å². The lowest BCUT2D eigenvalue weighted by atomic mass is 10.3. The highest BCUT2D eigenvalue weighted by Crippen LogP contribution is 2.28. The summed E-state index contributed by atoms with van der Waals surface area (Å²) < 4.78 is 38.0. The summed E-state index contributed by atoms with van der Waals surface area (Å²) in [6, 6.07) is 4.63. The molecule has 0 amide bonds. The zero-order valence-corrected chi connectivity index (χ0v) is 16.5. The van der Waals surface area contributed by atoms with E-state index in [1.807, 2.05) is 5.38 Å². The number of hydrogen-bond donors (Lipinski definition) is 1. The van der Waals surface area contributed by atoms with Crippen molar-refractivity contribution in [3.8, 4) is 11.5 Å². The Morgan fingerprint density at radius 1 is 1.23 bits per heavy atom. The highest BCUT2D eigenvalue weighted by molar-refractivity contribution is 7.89. The third-order valence-electron chi connectivity index (χ3n) is 4.25. The minimum Gasteiger partial charge on any atom is -0.497 e. The maximum Gasteiger partial charge on any atom is 0.244 e. The van der Waals surface area contributed by atoms with E-state index >= 15 is 0 Å². The summed E-state index contributed by atoms with van der Waals surface area (Å²) in [4.78, 5) is 6.98. The second kappa shape index (κ2) is 8.24. The highest BCUT2D eigenvalue weighted by Gasteiger charge is 2.20. The lowest BCUT2D eigenvalue weighted by molar-refractivity contribution is 0.386. The molecule has 0 radical (unpaired) electrons. The average molecular weight is 398 g/mol. The molecule has 9 heteroatoms. The molecule has 142 valence electrons. The fraction of sp³-hybridized carbons (Fsp3) is 0.471. The standard InChI is InChI=1S/C17H23N3O4S2/c1-23-14-5-6-16(15(11-14)24-2)26(21,22)18-8-7-13-12-25-17(19-13)20-9-3-4-10-20/h5-6,11-12,18H,3-4,7-10H2,1-2H3. The van der Waals surface area contributed by atoms with Crippen LogP contribution in [0.2, 0.25) is 0 Å². The van der Waals surface area contributed by atoms with Gasteiger partial charge in [0.2, 0.25) is 10.0 Å². The number of sulfonamides is 1. The van der Waals surface area contributed by atoms with Gasteiger partial charge in [0.25, 0.3) is 0 Å². The Morgan fingerprint density at radius 2 is 2.00 bits per heavy atom. The predicted molar refractivity (Wildman–Crippen MR) is 102 cm³/mol.